The summed E-state index contributed by atoms with van der Waals surface area (Å²) in [6, 6.07) is 22.0. The van der Waals surface area contributed by atoms with Crippen LogP contribution >= 0.6 is 0 Å². The summed E-state index contributed by atoms with van der Waals surface area (Å²) in [4.78, 5) is 12.4. The van der Waals surface area contributed by atoms with E-state index in [9.17, 15) is 17.6 Å². The van der Waals surface area contributed by atoms with E-state index in [1.807, 2.05) is 13.0 Å². The van der Waals surface area contributed by atoms with Crippen LogP contribution in [0.4, 0.5) is 10.1 Å². The molecule has 0 bridgehead atoms. The van der Waals surface area contributed by atoms with Crippen LogP contribution in [0.3, 0.4) is 0 Å². The van der Waals surface area contributed by atoms with E-state index in [4.69, 9.17) is 4.42 Å². The molecule has 1 amide bonds. The summed E-state index contributed by atoms with van der Waals surface area (Å²) in [5.41, 5.74) is 2.07. The number of aryl methyl sites for hydroxylation is 1. The third-order valence-electron chi connectivity index (χ3n) is 4.94. The van der Waals surface area contributed by atoms with Gasteiger partial charge in [-0.3, -0.25) is 9.52 Å². The van der Waals surface area contributed by atoms with Gasteiger partial charge in [-0.25, -0.2) is 12.8 Å². The average molecular weight is 465 g/mol. The van der Waals surface area contributed by atoms with Gasteiger partial charge in [0.25, 0.3) is 15.9 Å². The second kappa shape index (κ2) is 9.30. The highest BCUT2D eigenvalue weighted by molar-refractivity contribution is 7.92. The van der Waals surface area contributed by atoms with Crippen molar-refractivity contribution in [2.75, 3.05) is 4.72 Å². The molecule has 0 aliphatic heterocycles. The fraction of sp³-hybridized carbons (Fsp3) is 0.0800. The Hall–Kier alpha value is -3.91. The maximum absolute atomic E-state index is 13.4. The molecule has 1 heterocycles. The first-order valence-corrected chi connectivity index (χ1v) is 11.6. The van der Waals surface area contributed by atoms with E-state index in [-0.39, 0.29) is 23.2 Å². The Morgan fingerprint density at radius 2 is 1.64 bits per heavy atom. The van der Waals surface area contributed by atoms with Gasteiger partial charge in [0.05, 0.1) is 11.4 Å². The topological polar surface area (TPSA) is 88.4 Å². The van der Waals surface area contributed by atoms with Crippen molar-refractivity contribution < 1.29 is 22.0 Å². The zero-order valence-electron chi connectivity index (χ0n) is 17.7. The maximum atomic E-state index is 13.4. The average Bonchev–Trinajstić information content (AvgIpc) is 3.23. The summed E-state index contributed by atoms with van der Waals surface area (Å²) in [5, 5.41) is 2.75. The number of furan rings is 1. The molecule has 8 heteroatoms. The van der Waals surface area contributed by atoms with E-state index < -0.39 is 10.0 Å². The molecule has 0 radical (unpaired) electrons. The largest absolute Gasteiger partial charge is 0.465 e. The van der Waals surface area contributed by atoms with Gasteiger partial charge in [0.1, 0.15) is 17.3 Å². The van der Waals surface area contributed by atoms with Gasteiger partial charge in [0, 0.05) is 11.3 Å². The van der Waals surface area contributed by atoms with E-state index >= 15 is 0 Å². The third-order valence-corrected chi connectivity index (χ3v) is 6.34. The van der Waals surface area contributed by atoms with Crippen LogP contribution in [-0.4, -0.2) is 14.3 Å². The van der Waals surface area contributed by atoms with Crippen LogP contribution in [0.5, 0.6) is 0 Å². The Morgan fingerprint density at radius 1 is 0.909 bits per heavy atom. The van der Waals surface area contributed by atoms with Crippen molar-refractivity contribution in [1.82, 2.24) is 5.32 Å². The van der Waals surface area contributed by atoms with Crippen molar-refractivity contribution in [3.63, 3.8) is 0 Å². The van der Waals surface area contributed by atoms with Gasteiger partial charge in [-0.1, -0.05) is 24.3 Å². The lowest BCUT2D eigenvalue weighted by atomic mass is 10.1. The first-order valence-electron chi connectivity index (χ1n) is 10.1. The monoisotopic (exact) mass is 464 g/mol. The molecule has 0 spiro atoms. The Kier molecular flexibility index (Phi) is 6.28. The van der Waals surface area contributed by atoms with E-state index in [1.165, 1.54) is 48.5 Å². The number of carbonyl (C=O) groups excluding carboxylic acids is 1. The number of benzene rings is 3. The Labute approximate surface area is 191 Å². The van der Waals surface area contributed by atoms with Crippen molar-refractivity contribution >= 4 is 21.6 Å². The molecule has 0 saturated carbocycles. The molecule has 0 aliphatic rings. The summed E-state index contributed by atoms with van der Waals surface area (Å²) >= 11 is 0. The number of nitrogens with one attached hydrogen (secondary N) is 2. The van der Waals surface area contributed by atoms with E-state index in [0.29, 0.717) is 28.1 Å². The minimum atomic E-state index is -3.83. The zero-order chi connectivity index (χ0) is 23.4. The molecule has 168 valence electrons. The molecule has 33 heavy (non-hydrogen) atoms. The fourth-order valence-corrected chi connectivity index (χ4v) is 4.31. The predicted molar refractivity (Wildman–Crippen MR) is 124 cm³/mol. The number of anilines is 1. The van der Waals surface area contributed by atoms with Crippen LogP contribution in [0.1, 0.15) is 21.9 Å². The quantitative estimate of drug-likeness (QED) is 0.397. The summed E-state index contributed by atoms with van der Waals surface area (Å²) < 4.78 is 46.8. The van der Waals surface area contributed by atoms with Crippen LogP contribution in [0.2, 0.25) is 0 Å². The van der Waals surface area contributed by atoms with E-state index in [0.717, 1.165) is 5.76 Å². The third kappa shape index (κ3) is 5.48. The van der Waals surface area contributed by atoms with Crippen molar-refractivity contribution in [3.05, 3.63) is 108 Å². The molecule has 0 aliphatic carbocycles. The lowest BCUT2D eigenvalue weighted by Gasteiger charge is -2.10. The van der Waals surface area contributed by atoms with Gasteiger partial charge in [0.15, 0.2) is 0 Å². The number of amides is 1. The van der Waals surface area contributed by atoms with Crippen LogP contribution in [0.25, 0.3) is 11.1 Å². The molecule has 0 saturated heterocycles. The highest BCUT2D eigenvalue weighted by atomic mass is 32.2. The van der Waals surface area contributed by atoms with Crippen molar-refractivity contribution in [3.8, 4) is 11.1 Å². The smallest absolute Gasteiger partial charge is 0.261 e. The molecule has 0 fully saturated rings. The minimum absolute atomic E-state index is 0.0678. The molecule has 1 aromatic heterocycles. The molecule has 0 unspecified atom stereocenters. The standard InChI is InChI=1S/C25H21FN2O4S/c1-17-5-12-23(32-17)16-27-25(29)19-6-10-22(11-7-19)28-33(30,31)24-13-8-18(9-14-24)20-3-2-4-21(26)15-20/h2-15,28H,16H2,1H3,(H,27,29). The van der Waals surface area contributed by atoms with Gasteiger partial charge in [-0.05, 0) is 78.7 Å². The summed E-state index contributed by atoms with van der Waals surface area (Å²) in [6.45, 7) is 2.08. The van der Waals surface area contributed by atoms with Crippen LogP contribution in [-0.2, 0) is 16.6 Å². The molecule has 6 nitrogen and oxygen atoms in total. The highest BCUT2D eigenvalue weighted by Crippen LogP contribution is 2.23. The first-order chi connectivity index (χ1) is 15.8. The van der Waals surface area contributed by atoms with Crippen molar-refractivity contribution in [2.24, 2.45) is 0 Å². The van der Waals surface area contributed by atoms with Crippen LogP contribution < -0.4 is 10.0 Å². The SMILES string of the molecule is Cc1ccc(CNC(=O)c2ccc(NS(=O)(=O)c3ccc(-c4cccc(F)c4)cc3)cc2)o1. The molecule has 4 aromatic rings. The fourth-order valence-electron chi connectivity index (χ4n) is 3.25. The molecule has 2 N–H and O–H groups in total. The lowest BCUT2D eigenvalue weighted by molar-refractivity contribution is 0.0948. The van der Waals surface area contributed by atoms with E-state index in [1.54, 1.807) is 30.3 Å². The molecule has 3 aromatic carbocycles. The van der Waals surface area contributed by atoms with Gasteiger partial charge < -0.3 is 9.73 Å². The van der Waals surface area contributed by atoms with Crippen LogP contribution in [0.15, 0.2) is 94.2 Å². The molecular weight excluding hydrogens is 443 g/mol. The highest BCUT2D eigenvalue weighted by Gasteiger charge is 2.15. The van der Waals surface area contributed by atoms with Crippen LogP contribution in [0, 0.1) is 12.7 Å². The lowest BCUT2D eigenvalue weighted by Crippen LogP contribution is -2.22. The van der Waals surface area contributed by atoms with Gasteiger partial charge in [0.2, 0.25) is 0 Å². The van der Waals surface area contributed by atoms with Gasteiger partial charge in [-0.2, -0.15) is 0 Å². The second-order valence-corrected chi connectivity index (χ2v) is 9.10. The van der Waals surface area contributed by atoms with Crippen molar-refractivity contribution in [2.45, 2.75) is 18.4 Å². The number of sulfonamides is 1. The summed E-state index contributed by atoms with van der Waals surface area (Å²) in [6.07, 6.45) is 0. The number of hydrogen-bond donors (Lipinski definition) is 2. The normalized spacial score (nSPS) is 11.2. The molecular formula is C25H21FN2O4S. The maximum Gasteiger partial charge on any atom is 0.261 e. The summed E-state index contributed by atoms with van der Waals surface area (Å²) in [7, 11) is -3.83. The van der Waals surface area contributed by atoms with Crippen molar-refractivity contribution in [1.29, 1.82) is 0 Å². The summed E-state index contributed by atoms with van der Waals surface area (Å²) in [5.74, 6) is 0.749. The first kappa shape index (κ1) is 22.3. The van der Waals surface area contributed by atoms with E-state index in [2.05, 4.69) is 10.0 Å². The molecule has 4 rings (SSSR count). The Balaban J connectivity index is 1.41. The Morgan fingerprint density at radius 3 is 2.27 bits per heavy atom. The number of rotatable bonds is 7. The minimum Gasteiger partial charge on any atom is -0.465 e. The Bertz CT molecular complexity index is 1380. The predicted octanol–water partition coefficient (Wildman–Crippen LogP) is 5.12. The second-order valence-electron chi connectivity index (χ2n) is 7.41. The van der Waals surface area contributed by atoms with Gasteiger partial charge in [-0.15, -0.1) is 0 Å². The number of halogens is 1. The zero-order valence-corrected chi connectivity index (χ0v) is 18.5. The molecule has 0 atom stereocenters. The number of hydrogen-bond acceptors (Lipinski definition) is 4. The number of carbonyl (C=O) groups is 1. The van der Waals surface area contributed by atoms with Gasteiger partial charge >= 0.3 is 0 Å².